The number of imidazole rings is 1. The number of piperazine rings is 1. The maximum absolute atomic E-state index is 11.6. The summed E-state index contributed by atoms with van der Waals surface area (Å²) in [7, 11) is 0. The zero-order valence-electron chi connectivity index (χ0n) is 18.3. The highest BCUT2D eigenvalue weighted by atomic mass is 16.2. The normalized spacial score (nSPS) is 17.8. The zero-order chi connectivity index (χ0) is 21.2. The summed E-state index contributed by atoms with van der Waals surface area (Å²) in [4.78, 5) is 20.8. The second kappa shape index (κ2) is 8.61. The standard InChI is InChI=1S/C25H31N5O/c1-19(31)28-15-17-29(18-16-28)22-12-10-20(11-13-22)24-25(26-21-7-3-2-4-8-21)30-14-6-5-9-23(30)27-24/h5-6,9-14,21,26H,2-4,7-8,15-18H2,1H3. The molecule has 0 radical (unpaired) electrons. The number of carbonyl (C=O) groups excluding carboxylic acids is 1. The summed E-state index contributed by atoms with van der Waals surface area (Å²) in [6.07, 6.45) is 8.50. The average molecular weight is 418 g/mol. The lowest BCUT2D eigenvalue weighted by Crippen LogP contribution is -2.48. The fourth-order valence-electron chi connectivity index (χ4n) is 4.88. The van der Waals surface area contributed by atoms with Gasteiger partial charge in [0.25, 0.3) is 0 Å². The number of rotatable bonds is 4. The molecule has 0 bridgehead atoms. The van der Waals surface area contributed by atoms with Crippen LogP contribution >= 0.6 is 0 Å². The molecule has 6 nitrogen and oxygen atoms in total. The molecule has 1 saturated carbocycles. The quantitative estimate of drug-likeness (QED) is 0.683. The first kappa shape index (κ1) is 19.9. The van der Waals surface area contributed by atoms with E-state index < -0.39 is 0 Å². The van der Waals surface area contributed by atoms with E-state index in [9.17, 15) is 4.79 Å². The van der Waals surface area contributed by atoms with Crippen LogP contribution in [-0.4, -0.2) is 52.4 Å². The van der Waals surface area contributed by atoms with Crippen molar-refractivity contribution in [2.24, 2.45) is 0 Å². The maximum Gasteiger partial charge on any atom is 0.219 e. The lowest BCUT2D eigenvalue weighted by atomic mass is 9.95. The summed E-state index contributed by atoms with van der Waals surface area (Å²) < 4.78 is 2.18. The summed E-state index contributed by atoms with van der Waals surface area (Å²) in [6.45, 7) is 4.99. The van der Waals surface area contributed by atoms with Crippen molar-refractivity contribution in [3.05, 3.63) is 48.7 Å². The van der Waals surface area contributed by atoms with Crippen molar-refractivity contribution in [3.8, 4) is 11.3 Å². The van der Waals surface area contributed by atoms with Crippen molar-refractivity contribution in [3.63, 3.8) is 0 Å². The molecule has 31 heavy (non-hydrogen) atoms. The minimum Gasteiger partial charge on any atom is -0.368 e. The van der Waals surface area contributed by atoms with Gasteiger partial charge in [-0.1, -0.05) is 37.5 Å². The van der Waals surface area contributed by atoms with Gasteiger partial charge in [-0.2, -0.15) is 0 Å². The molecule has 1 aliphatic carbocycles. The van der Waals surface area contributed by atoms with E-state index in [2.05, 4.69) is 57.2 Å². The van der Waals surface area contributed by atoms with Crippen LogP contribution in [0.1, 0.15) is 39.0 Å². The third-order valence-corrected chi connectivity index (χ3v) is 6.71. The average Bonchev–Trinajstić information content (AvgIpc) is 3.18. The Balaban J connectivity index is 1.40. The fourth-order valence-corrected chi connectivity index (χ4v) is 4.88. The number of hydrogen-bond donors (Lipinski definition) is 1. The van der Waals surface area contributed by atoms with Gasteiger partial charge in [-0.3, -0.25) is 9.20 Å². The van der Waals surface area contributed by atoms with Gasteiger partial charge in [0.05, 0.1) is 0 Å². The minimum absolute atomic E-state index is 0.167. The summed E-state index contributed by atoms with van der Waals surface area (Å²) in [6, 6.07) is 15.4. The van der Waals surface area contributed by atoms with Crippen molar-refractivity contribution in [1.29, 1.82) is 0 Å². The van der Waals surface area contributed by atoms with E-state index in [1.54, 1.807) is 6.92 Å². The van der Waals surface area contributed by atoms with E-state index in [1.165, 1.54) is 37.8 Å². The number of carbonyl (C=O) groups is 1. The molecule has 1 aromatic carbocycles. The summed E-state index contributed by atoms with van der Waals surface area (Å²) >= 11 is 0. The van der Waals surface area contributed by atoms with Crippen LogP contribution in [0, 0.1) is 0 Å². The molecular weight excluding hydrogens is 386 g/mol. The Hall–Kier alpha value is -3.02. The topological polar surface area (TPSA) is 52.9 Å². The lowest BCUT2D eigenvalue weighted by molar-refractivity contribution is -0.129. The van der Waals surface area contributed by atoms with Gasteiger partial charge in [0.2, 0.25) is 5.91 Å². The van der Waals surface area contributed by atoms with Gasteiger partial charge in [0.1, 0.15) is 17.2 Å². The molecule has 162 valence electrons. The predicted octanol–water partition coefficient (Wildman–Crippen LogP) is 4.41. The van der Waals surface area contributed by atoms with E-state index in [1.807, 2.05) is 11.0 Å². The Labute approximate surface area is 183 Å². The molecule has 0 atom stereocenters. The maximum atomic E-state index is 11.6. The van der Waals surface area contributed by atoms with Crippen molar-refractivity contribution in [1.82, 2.24) is 14.3 Å². The molecule has 0 unspecified atom stereocenters. The van der Waals surface area contributed by atoms with Crippen LogP contribution in [0.3, 0.4) is 0 Å². The molecule has 5 rings (SSSR count). The number of nitrogens with zero attached hydrogens (tertiary/aromatic N) is 4. The largest absolute Gasteiger partial charge is 0.368 e. The third kappa shape index (κ3) is 4.11. The molecule has 1 N–H and O–H groups in total. The van der Waals surface area contributed by atoms with Crippen LogP contribution < -0.4 is 10.2 Å². The Morgan fingerprint density at radius 1 is 0.968 bits per heavy atom. The lowest BCUT2D eigenvalue weighted by Gasteiger charge is -2.35. The molecule has 1 amide bonds. The zero-order valence-corrected chi connectivity index (χ0v) is 18.3. The summed E-state index contributed by atoms with van der Waals surface area (Å²) in [5.74, 6) is 1.27. The van der Waals surface area contributed by atoms with E-state index in [0.29, 0.717) is 6.04 Å². The van der Waals surface area contributed by atoms with Gasteiger partial charge >= 0.3 is 0 Å². The van der Waals surface area contributed by atoms with E-state index in [0.717, 1.165) is 48.9 Å². The fraction of sp³-hybridized carbons (Fsp3) is 0.440. The van der Waals surface area contributed by atoms with E-state index in [-0.39, 0.29) is 5.91 Å². The van der Waals surface area contributed by atoms with Crippen molar-refractivity contribution in [2.75, 3.05) is 36.4 Å². The number of hydrogen-bond acceptors (Lipinski definition) is 4. The molecule has 2 fully saturated rings. The van der Waals surface area contributed by atoms with Crippen LogP contribution in [0.25, 0.3) is 16.9 Å². The smallest absolute Gasteiger partial charge is 0.219 e. The van der Waals surface area contributed by atoms with Gasteiger partial charge in [-0.05, 0) is 37.1 Å². The SMILES string of the molecule is CC(=O)N1CCN(c2ccc(-c3nc4ccccn4c3NC3CCCCC3)cc2)CC1. The van der Waals surface area contributed by atoms with Crippen LogP contribution in [0.5, 0.6) is 0 Å². The molecule has 2 aromatic heterocycles. The Kier molecular flexibility index (Phi) is 5.53. The molecule has 6 heteroatoms. The Morgan fingerprint density at radius 2 is 1.71 bits per heavy atom. The number of nitrogens with one attached hydrogen (secondary N) is 1. The Bertz CT molecular complexity index is 1040. The van der Waals surface area contributed by atoms with E-state index in [4.69, 9.17) is 4.98 Å². The highest BCUT2D eigenvalue weighted by Gasteiger charge is 2.21. The molecule has 2 aliphatic rings. The first-order chi connectivity index (χ1) is 15.2. The summed E-state index contributed by atoms with van der Waals surface area (Å²) in [5.41, 5.74) is 4.33. The van der Waals surface area contributed by atoms with Crippen molar-refractivity contribution < 1.29 is 4.79 Å². The number of amides is 1. The molecule has 0 spiro atoms. The first-order valence-electron chi connectivity index (χ1n) is 11.5. The van der Waals surface area contributed by atoms with Gasteiger partial charge in [0.15, 0.2) is 0 Å². The van der Waals surface area contributed by atoms with E-state index >= 15 is 0 Å². The molecule has 1 aliphatic heterocycles. The van der Waals surface area contributed by atoms with Crippen LogP contribution in [0.4, 0.5) is 11.5 Å². The number of pyridine rings is 1. The van der Waals surface area contributed by atoms with Crippen molar-refractivity contribution >= 4 is 23.1 Å². The second-order valence-electron chi connectivity index (χ2n) is 8.76. The number of anilines is 2. The van der Waals surface area contributed by atoms with Crippen LogP contribution in [0.2, 0.25) is 0 Å². The third-order valence-electron chi connectivity index (χ3n) is 6.71. The molecule has 1 saturated heterocycles. The minimum atomic E-state index is 0.167. The number of aromatic nitrogens is 2. The Morgan fingerprint density at radius 3 is 2.42 bits per heavy atom. The highest BCUT2D eigenvalue weighted by Crippen LogP contribution is 2.32. The first-order valence-corrected chi connectivity index (χ1v) is 11.5. The highest BCUT2D eigenvalue weighted by molar-refractivity contribution is 5.78. The van der Waals surface area contributed by atoms with Gasteiger partial charge in [-0.25, -0.2) is 4.98 Å². The monoisotopic (exact) mass is 417 g/mol. The van der Waals surface area contributed by atoms with Gasteiger partial charge in [-0.15, -0.1) is 0 Å². The molecule has 3 heterocycles. The second-order valence-corrected chi connectivity index (χ2v) is 8.76. The summed E-state index contributed by atoms with van der Waals surface area (Å²) in [5, 5.41) is 3.82. The van der Waals surface area contributed by atoms with Crippen molar-refractivity contribution in [2.45, 2.75) is 45.1 Å². The van der Waals surface area contributed by atoms with Crippen LogP contribution in [0.15, 0.2) is 48.7 Å². The van der Waals surface area contributed by atoms with Gasteiger partial charge in [0, 0.05) is 56.6 Å². The predicted molar refractivity (Wildman–Crippen MR) is 126 cm³/mol. The van der Waals surface area contributed by atoms with Crippen LogP contribution in [-0.2, 0) is 4.79 Å². The number of benzene rings is 1. The molecular formula is C25H31N5O. The van der Waals surface area contributed by atoms with Gasteiger partial charge < -0.3 is 15.1 Å². The number of fused-ring (bicyclic) bond motifs is 1. The molecule has 3 aromatic rings.